The van der Waals surface area contributed by atoms with Crippen LogP contribution in [0.25, 0.3) is 0 Å². The molecule has 3 N–H and O–H groups in total. The van der Waals surface area contributed by atoms with E-state index in [4.69, 9.17) is 5.14 Å². The van der Waals surface area contributed by atoms with Crippen molar-refractivity contribution in [2.24, 2.45) is 5.14 Å². The van der Waals surface area contributed by atoms with Crippen LogP contribution < -0.4 is 10.0 Å². The highest BCUT2D eigenvalue weighted by atomic mass is 32.2. The minimum absolute atomic E-state index is 0.0676. The van der Waals surface area contributed by atoms with E-state index in [9.17, 15) is 8.42 Å². The van der Waals surface area contributed by atoms with Gasteiger partial charge in [-0.25, -0.2) is 23.5 Å². The number of nitrogens with one attached hydrogen (secondary N) is 1. The number of hydrogen-bond acceptors (Lipinski definition) is 7. The first-order chi connectivity index (χ1) is 10.9. The maximum atomic E-state index is 11.7. The van der Waals surface area contributed by atoms with Gasteiger partial charge >= 0.3 is 0 Å². The largest absolute Gasteiger partial charge is 0.353 e. The van der Waals surface area contributed by atoms with Crippen molar-refractivity contribution < 1.29 is 8.42 Å². The van der Waals surface area contributed by atoms with E-state index in [-0.39, 0.29) is 4.90 Å². The highest BCUT2D eigenvalue weighted by Crippen LogP contribution is 2.22. The van der Waals surface area contributed by atoms with Crippen LogP contribution >= 0.6 is 0 Å². The minimum Gasteiger partial charge on any atom is -0.353 e. The van der Waals surface area contributed by atoms with Gasteiger partial charge in [0.15, 0.2) is 5.82 Å². The van der Waals surface area contributed by atoms with Crippen LogP contribution in [-0.2, 0) is 16.6 Å². The number of pyridine rings is 1. The lowest BCUT2D eigenvalue weighted by Crippen LogP contribution is -2.46. The summed E-state index contributed by atoms with van der Waals surface area (Å²) in [5.74, 6) is 1.98. The Kier molecular flexibility index (Phi) is 4.28. The molecule has 0 spiro atoms. The molecule has 23 heavy (non-hydrogen) atoms. The molecule has 3 heterocycles. The summed E-state index contributed by atoms with van der Waals surface area (Å²) in [7, 11) is -3.78. The number of H-pyrrole nitrogens is 1. The third-order valence-electron chi connectivity index (χ3n) is 3.74. The summed E-state index contributed by atoms with van der Waals surface area (Å²) >= 11 is 0. The fourth-order valence-electron chi connectivity index (χ4n) is 2.62. The first-order valence-corrected chi connectivity index (χ1v) is 8.81. The molecule has 1 aliphatic heterocycles. The number of primary sulfonamides is 1. The van der Waals surface area contributed by atoms with Gasteiger partial charge in [-0.1, -0.05) is 0 Å². The molecule has 1 saturated heterocycles. The van der Waals surface area contributed by atoms with E-state index in [2.05, 4.69) is 25.1 Å². The number of anilines is 1. The van der Waals surface area contributed by atoms with Crippen molar-refractivity contribution >= 4 is 15.8 Å². The molecule has 2 aromatic heterocycles. The van der Waals surface area contributed by atoms with Crippen molar-refractivity contribution in [3.8, 4) is 0 Å². The summed E-state index contributed by atoms with van der Waals surface area (Å²) in [6.45, 7) is 5.42. The van der Waals surface area contributed by atoms with E-state index in [1.165, 1.54) is 6.07 Å². The van der Waals surface area contributed by atoms with Crippen molar-refractivity contribution in [3.63, 3.8) is 0 Å². The number of hydrogen-bond donors (Lipinski definition) is 2. The van der Waals surface area contributed by atoms with Crippen LogP contribution in [-0.4, -0.2) is 59.7 Å². The third kappa shape index (κ3) is 3.66. The number of aryl methyl sites for hydroxylation is 1. The number of nitrogens with two attached hydrogens (primary N) is 1. The summed E-state index contributed by atoms with van der Waals surface area (Å²) < 4.78 is 23.4. The second-order valence-corrected chi connectivity index (χ2v) is 7.00. The predicted octanol–water partition coefficient (Wildman–Crippen LogP) is -0.522. The molecule has 3 rings (SSSR count). The summed E-state index contributed by atoms with van der Waals surface area (Å²) in [5, 5.41) is 12.2. The Morgan fingerprint density at radius 3 is 2.65 bits per heavy atom. The van der Waals surface area contributed by atoms with E-state index < -0.39 is 10.0 Å². The molecule has 1 aliphatic rings. The molecule has 0 amide bonds. The molecule has 0 atom stereocenters. The quantitative estimate of drug-likeness (QED) is 0.770. The molecule has 0 bridgehead atoms. The Morgan fingerprint density at radius 2 is 2.04 bits per heavy atom. The Labute approximate surface area is 134 Å². The minimum atomic E-state index is -3.78. The molecule has 0 radical (unpaired) electrons. The van der Waals surface area contributed by atoms with Crippen LogP contribution in [0.2, 0.25) is 0 Å². The SMILES string of the molecule is Cc1nc(CN2CCN(c3ncccc3S(N)(=O)=O)CC2)n[nH]1. The van der Waals surface area contributed by atoms with Crippen LogP contribution in [0.15, 0.2) is 23.2 Å². The van der Waals surface area contributed by atoms with Crippen molar-refractivity contribution in [2.45, 2.75) is 18.4 Å². The molecule has 9 nitrogen and oxygen atoms in total. The first-order valence-electron chi connectivity index (χ1n) is 7.26. The summed E-state index contributed by atoms with van der Waals surface area (Å²) in [6, 6.07) is 3.06. The molecular formula is C13H19N7O2S. The molecule has 1 fully saturated rings. The normalized spacial score (nSPS) is 16.7. The molecule has 0 aliphatic carbocycles. The van der Waals surface area contributed by atoms with Crippen LogP contribution in [0.3, 0.4) is 0 Å². The molecule has 2 aromatic rings. The number of rotatable bonds is 4. The highest BCUT2D eigenvalue weighted by Gasteiger charge is 2.24. The fourth-order valence-corrected chi connectivity index (χ4v) is 3.32. The second-order valence-electron chi connectivity index (χ2n) is 5.47. The van der Waals surface area contributed by atoms with E-state index in [0.717, 1.165) is 24.7 Å². The standard InChI is InChI=1S/C13H19N7O2S/c1-10-16-12(18-17-10)9-19-5-7-20(8-6-19)13-11(23(14,21)22)3-2-4-15-13/h2-4H,5-9H2,1H3,(H2,14,21,22)(H,16,17,18). The van der Waals surface area contributed by atoms with Gasteiger partial charge in [0.1, 0.15) is 16.5 Å². The number of aromatic nitrogens is 4. The van der Waals surface area contributed by atoms with Gasteiger partial charge in [-0.15, -0.1) is 0 Å². The molecule has 0 aromatic carbocycles. The van der Waals surface area contributed by atoms with Gasteiger partial charge in [0.2, 0.25) is 10.0 Å². The monoisotopic (exact) mass is 337 g/mol. The van der Waals surface area contributed by atoms with Crippen molar-refractivity contribution in [1.82, 2.24) is 25.1 Å². The zero-order valence-corrected chi connectivity index (χ0v) is 13.6. The summed E-state index contributed by atoms with van der Waals surface area (Å²) in [6.07, 6.45) is 1.58. The lowest BCUT2D eigenvalue weighted by Gasteiger charge is -2.35. The molecule has 0 saturated carbocycles. The Bertz CT molecular complexity index is 781. The zero-order chi connectivity index (χ0) is 16.4. The lowest BCUT2D eigenvalue weighted by atomic mass is 10.3. The number of piperazine rings is 1. The maximum absolute atomic E-state index is 11.7. The van der Waals surface area contributed by atoms with Crippen LogP contribution in [0.5, 0.6) is 0 Å². The van der Waals surface area contributed by atoms with Crippen molar-refractivity contribution in [1.29, 1.82) is 0 Å². The van der Waals surface area contributed by atoms with Crippen LogP contribution in [0.1, 0.15) is 11.6 Å². The lowest BCUT2D eigenvalue weighted by molar-refractivity contribution is 0.243. The van der Waals surface area contributed by atoms with Gasteiger partial charge in [-0.3, -0.25) is 10.00 Å². The van der Waals surface area contributed by atoms with Gasteiger partial charge in [-0.05, 0) is 19.1 Å². The molecule has 124 valence electrons. The topological polar surface area (TPSA) is 121 Å². The van der Waals surface area contributed by atoms with Crippen LogP contribution in [0.4, 0.5) is 5.82 Å². The third-order valence-corrected chi connectivity index (χ3v) is 4.67. The van der Waals surface area contributed by atoms with Crippen LogP contribution in [0, 0.1) is 6.92 Å². The number of sulfonamides is 1. The highest BCUT2D eigenvalue weighted by molar-refractivity contribution is 7.89. The zero-order valence-electron chi connectivity index (χ0n) is 12.8. The van der Waals surface area contributed by atoms with Gasteiger partial charge in [-0.2, -0.15) is 5.10 Å². The Balaban J connectivity index is 1.68. The number of nitrogens with zero attached hydrogens (tertiary/aromatic N) is 5. The average molecular weight is 337 g/mol. The summed E-state index contributed by atoms with van der Waals surface area (Å²) in [5.41, 5.74) is 0. The van der Waals surface area contributed by atoms with E-state index >= 15 is 0 Å². The van der Waals surface area contributed by atoms with Gasteiger partial charge in [0.25, 0.3) is 0 Å². The molecule has 0 unspecified atom stereocenters. The van der Waals surface area contributed by atoms with Crippen molar-refractivity contribution in [2.75, 3.05) is 31.1 Å². The van der Waals surface area contributed by atoms with E-state index in [1.807, 2.05) is 11.8 Å². The number of aromatic amines is 1. The Hall–Kier alpha value is -2.04. The first kappa shape index (κ1) is 15.8. The van der Waals surface area contributed by atoms with Crippen molar-refractivity contribution in [3.05, 3.63) is 30.0 Å². The van der Waals surface area contributed by atoms with Gasteiger partial charge < -0.3 is 4.90 Å². The Morgan fingerprint density at radius 1 is 1.30 bits per heavy atom. The smallest absolute Gasteiger partial charge is 0.241 e. The van der Waals surface area contributed by atoms with Gasteiger partial charge in [0, 0.05) is 32.4 Å². The maximum Gasteiger partial charge on any atom is 0.241 e. The summed E-state index contributed by atoms with van der Waals surface area (Å²) in [4.78, 5) is 12.7. The average Bonchev–Trinajstić information content (AvgIpc) is 2.92. The predicted molar refractivity (Wildman–Crippen MR) is 84.2 cm³/mol. The van der Waals surface area contributed by atoms with E-state index in [1.54, 1.807) is 12.3 Å². The molecule has 10 heteroatoms. The second kappa shape index (κ2) is 6.22. The molecular weight excluding hydrogens is 318 g/mol. The van der Waals surface area contributed by atoms with E-state index in [0.29, 0.717) is 25.5 Å². The fraction of sp³-hybridized carbons (Fsp3) is 0.462. The van der Waals surface area contributed by atoms with Gasteiger partial charge in [0.05, 0.1) is 6.54 Å².